The molecular weight excluding hydrogens is 272 g/mol. The Kier molecular flexibility index (Phi) is 3.93. The van der Waals surface area contributed by atoms with Crippen LogP contribution in [-0.4, -0.2) is 27.4 Å². The quantitative estimate of drug-likeness (QED) is 0.580. The molecule has 0 bridgehead atoms. The molecule has 2 amide bonds. The van der Waals surface area contributed by atoms with Gasteiger partial charge in [0.05, 0.1) is 17.8 Å². The van der Waals surface area contributed by atoms with Crippen molar-refractivity contribution in [3.05, 3.63) is 35.5 Å². The highest BCUT2D eigenvalue weighted by atomic mass is 16.4. The maximum Gasteiger partial charge on any atom is 0.332 e. The van der Waals surface area contributed by atoms with Crippen LogP contribution in [0.25, 0.3) is 10.9 Å². The second kappa shape index (κ2) is 5.66. The second-order valence-electron chi connectivity index (χ2n) is 4.65. The number of primary amides is 1. The maximum atomic E-state index is 11.1. The zero-order chi connectivity index (χ0) is 15.6. The third kappa shape index (κ3) is 2.86. The number of aromatic nitrogens is 1. The van der Waals surface area contributed by atoms with E-state index < -0.39 is 12.0 Å². The van der Waals surface area contributed by atoms with Crippen molar-refractivity contribution in [2.75, 3.05) is 0 Å². The lowest BCUT2D eigenvalue weighted by Gasteiger charge is -2.06. The number of carboxylic acid groups (broad SMARTS) is 1. The smallest absolute Gasteiger partial charge is 0.332 e. The predicted octanol–water partition coefficient (Wildman–Crippen LogP) is 1.20. The van der Waals surface area contributed by atoms with Crippen LogP contribution in [0.1, 0.15) is 18.2 Å². The number of amides is 2. The molecule has 0 spiro atoms. The van der Waals surface area contributed by atoms with Crippen molar-refractivity contribution < 1.29 is 14.7 Å². The average Bonchev–Trinajstić information content (AvgIpc) is 2.69. The summed E-state index contributed by atoms with van der Waals surface area (Å²) in [4.78, 5) is 21.9. The number of nitrogens with zero attached hydrogens (tertiary/aromatic N) is 2. The summed E-state index contributed by atoms with van der Waals surface area (Å²) in [7, 11) is 1.83. The zero-order valence-electron chi connectivity index (χ0n) is 11.8. The summed E-state index contributed by atoms with van der Waals surface area (Å²) >= 11 is 0. The fraction of sp³-hybridized carbons (Fsp3) is 0.214. The number of para-hydroxylation sites is 1. The van der Waals surface area contributed by atoms with Crippen molar-refractivity contribution in [3.8, 4) is 0 Å². The zero-order valence-corrected chi connectivity index (χ0v) is 11.8. The first-order valence-electron chi connectivity index (χ1n) is 6.30. The van der Waals surface area contributed by atoms with Gasteiger partial charge in [0.25, 0.3) is 0 Å². The van der Waals surface area contributed by atoms with E-state index in [9.17, 15) is 9.59 Å². The Balaban J connectivity index is 2.65. The summed E-state index contributed by atoms with van der Waals surface area (Å²) in [5.74, 6) is -0.928. The van der Waals surface area contributed by atoms with E-state index in [2.05, 4.69) is 10.5 Å². The number of hydrogen-bond acceptors (Lipinski definition) is 3. The molecule has 2 aromatic rings. The topological polar surface area (TPSA) is 110 Å². The molecule has 0 aliphatic heterocycles. The Morgan fingerprint density at radius 2 is 2.05 bits per heavy atom. The molecule has 1 aromatic heterocycles. The van der Waals surface area contributed by atoms with E-state index in [0.29, 0.717) is 17.0 Å². The number of aryl methyl sites for hydroxylation is 1. The highest BCUT2D eigenvalue weighted by molar-refractivity contribution is 6.06. The van der Waals surface area contributed by atoms with Gasteiger partial charge in [-0.1, -0.05) is 18.2 Å². The Morgan fingerprint density at radius 3 is 2.67 bits per heavy atom. The molecule has 21 heavy (non-hydrogen) atoms. The molecule has 2 rings (SSSR count). The van der Waals surface area contributed by atoms with E-state index in [0.717, 1.165) is 10.9 Å². The van der Waals surface area contributed by atoms with Gasteiger partial charge in [-0.15, -0.1) is 0 Å². The monoisotopic (exact) mass is 288 g/mol. The van der Waals surface area contributed by atoms with Crippen LogP contribution in [0, 0.1) is 0 Å². The molecule has 0 atom stereocenters. The minimum Gasteiger partial charge on any atom is -0.481 e. The fourth-order valence-corrected chi connectivity index (χ4v) is 2.45. The molecule has 110 valence electrons. The van der Waals surface area contributed by atoms with E-state index in [4.69, 9.17) is 10.8 Å². The Hall–Kier alpha value is -2.83. The highest BCUT2D eigenvalue weighted by Gasteiger charge is 2.19. The number of benzene rings is 1. The fourth-order valence-electron chi connectivity index (χ4n) is 2.45. The van der Waals surface area contributed by atoms with Crippen LogP contribution in [0.3, 0.4) is 0 Å². The summed E-state index contributed by atoms with van der Waals surface area (Å²) in [5, 5.41) is 13.9. The van der Waals surface area contributed by atoms with Crippen LogP contribution in [0.5, 0.6) is 0 Å². The molecule has 0 aliphatic rings. The number of urea groups is 1. The predicted molar refractivity (Wildman–Crippen MR) is 79.2 cm³/mol. The Labute approximate surface area is 121 Å². The first-order chi connectivity index (χ1) is 9.91. The van der Waals surface area contributed by atoms with Crippen LogP contribution >= 0.6 is 0 Å². The van der Waals surface area contributed by atoms with Gasteiger partial charge in [-0.25, -0.2) is 10.2 Å². The van der Waals surface area contributed by atoms with E-state index in [1.807, 2.05) is 35.9 Å². The Bertz CT molecular complexity index is 746. The molecule has 0 unspecified atom stereocenters. The normalized spacial score (nSPS) is 11.6. The highest BCUT2D eigenvalue weighted by Crippen LogP contribution is 2.26. The van der Waals surface area contributed by atoms with Gasteiger partial charge in [0.2, 0.25) is 0 Å². The number of carboxylic acids is 1. The lowest BCUT2D eigenvalue weighted by molar-refractivity contribution is -0.136. The van der Waals surface area contributed by atoms with Gasteiger partial charge in [-0.05, 0) is 18.6 Å². The minimum atomic E-state index is -0.928. The lowest BCUT2D eigenvalue weighted by atomic mass is 10.1. The largest absolute Gasteiger partial charge is 0.481 e. The molecule has 0 radical (unpaired) electrons. The Morgan fingerprint density at radius 1 is 1.38 bits per heavy atom. The van der Waals surface area contributed by atoms with Crippen LogP contribution in [-0.2, 0) is 18.3 Å². The standard InChI is InChI=1S/C14H16N4O3/c1-8(16-17-14(15)21)13-10(7-12(19)20)9-5-3-4-6-11(9)18(13)2/h3-6H,7H2,1-2H3,(H,19,20)(H3,15,17,21)/b16-8-. The van der Waals surface area contributed by atoms with Crippen LogP contribution in [0.15, 0.2) is 29.4 Å². The number of aliphatic carboxylic acids is 1. The van der Waals surface area contributed by atoms with Crippen molar-refractivity contribution in [1.29, 1.82) is 0 Å². The van der Waals surface area contributed by atoms with Crippen molar-refractivity contribution in [1.82, 2.24) is 9.99 Å². The minimum absolute atomic E-state index is 0.125. The molecule has 0 saturated heterocycles. The van der Waals surface area contributed by atoms with Crippen molar-refractivity contribution in [2.24, 2.45) is 17.9 Å². The summed E-state index contributed by atoms with van der Waals surface area (Å²) in [5.41, 5.74) is 9.86. The molecule has 7 heteroatoms. The van der Waals surface area contributed by atoms with Crippen molar-refractivity contribution in [2.45, 2.75) is 13.3 Å². The number of hydrazone groups is 1. The van der Waals surface area contributed by atoms with Crippen LogP contribution in [0.2, 0.25) is 0 Å². The van der Waals surface area contributed by atoms with E-state index in [1.54, 1.807) is 6.92 Å². The number of nitrogens with one attached hydrogen (secondary N) is 1. The molecule has 1 aromatic carbocycles. The van der Waals surface area contributed by atoms with Gasteiger partial charge >= 0.3 is 12.0 Å². The summed E-state index contributed by atoms with van der Waals surface area (Å²) in [6.45, 7) is 1.69. The first kappa shape index (κ1) is 14.6. The number of hydrogen-bond donors (Lipinski definition) is 3. The van der Waals surface area contributed by atoms with E-state index in [-0.39, 0.29) is 6.42 Å². The van der Waals surface area contributed by atoms with Gasteiger partial charge in [0, 0.05) is 18.0 Å². The van der Waals surface area contributed by atoms with Crippen LogP contribution in [0.4, 0.5) is 4.79 Å². The van der Waals surface area contributed by atoms with E-state index >= 15 is 0 Å². The van der Waals surface area contributed by atoms with Crippen LogP contribution < -0.4 is 11.2 Å². The second-order valence-corrected chi connectivity index (χ2v) is 4.65. The molecular formula is C14H16N4O3. The molecule has 0 saturated carbocycles. The molecule has 4 N–H and O–H groups in total. The van der Waals surface area contributed by atoms with Gasteiger partial charge in [0.1, 0.15) is 0 Å². The molecule has 7 nitrogen and oxygen atoms in total. The van der Waals surface area contributed by atoms with Gasteiger partial charge in [-0.2, -0.15) is 5.10 Å². The van der Waals surface area contributed by atoms with Gasteiger partial charge in [0.15, 0.2) is 0 Å². The van der Waals surface area contributed by atoms with Crippen molar-refractivity contribution >= 4 is 28.6 Å². The first-order valence-corrected chi connectivity index (χ1v) is 6.30. The number of carbonyl (C=O) groups excluding carboxylic acids is 1. The number of carbonyl (C=O) groups is 2. The summed E-state index contributed by atoms with van der Waals surface area (Å²) < 4.78 is 1.86. The molecule has 0 fully saturated rings. The SMILES string of the molecule is C/C(=N/NC(N)=O)c1c(CC(=O)O)c2ccccc2n1C. The van der Waals surface area contributed by atoms with E-state index in [1.165, 1.54) is 0 Å². The number of rotatable bonds is 4. The third-order valence-corrected chi connectivity index (χ3v) is 3.22. The number of fused-ring (bicyclic) bond motifs is 1. The van der Waals surface area contributed by atoms with Crippen molar-refractivity contribution in [3.63, 3.8) is 0 Å². The maximum absolute atomic E-state index is 11.1. The summed E-state index contributed by atoms with van der Waals surface area (Å²) in [6.07, 6.45) is -0.125. The molecule has 1 heterocycles. The van der Waals surface area contributed by atoms with Gasteiger partial charge in [-0.3, -0.25) is 4.79 Å². The summed E-state index contributed by atoms with van der Waals surface area (Å²) in [6, 6.07) is 6.73. The van der Waals surface area contributed by atoms with Gasteiger partial charge < -0.3 is 15.4 Å². The molecule has 0 aliphatic carbocycles. The lowest BCUT2D eigenvalue weighted by Crippen LogP contribution is -2.26. The average molecular weight is 288 g/mol. The third-order valence-electron chi connectivity index (χ3n) is 3.22. The number of nitrogens with two attached hydrogens (primary N) is 1.